The highest BCUT2D eigenvalue weighted by Crippen LogP contribution is 2.28. The van der Waals surface area contributed by atoms with Gasteiger partial charge in [0.15, 0.2) is 6.10 Å². The molecule has 0 unspecified atom stereocenters. The van der Waals surface area contributed by atoms with Crippen LogP contribution in [0.2, 0.25) is 0 Å². The number of rotatable bonds is 6. The van der Waals surface area contributed by atoms with Crippen LogP contribution in [0.5, 0.6) is 0 Å². The second-order valence-corrected chi connectivity index (χ2v) is 6.15. The van der Waals surface area contributed by atoms with E-state index in [1.54, 1.807) is 24.3 Å². The maximum absolute atomic E-state index is 12.3. The van der Waals surface area contributed by atoms with Gasteiger partial charge in [-0.15, -0.1) is 0 Å². The number of esters is 1. The first-order chi connectivity index (χ1) is 11.1. The molecule has 2 rings (SSSR count). The zero-order chi connectivity index (χ0) is 16.7. The number of carbonyl (C=O) groups excluding carboxylic acids is 2. The lowest BCUT2D eigenvalue weighted by Crippen LogP contribution is -2.48. The van der Waals surface area contributed by atoms with Gasteiger partial charge in [0.1, 0.15) is 0 Å². The summed E-state index contributed by atoms with van der Waals surface area (Å²) in [7, 11) is 1.24. The van der Waals surface area contributed by atoms with Crippen molar-refractivity contribution in [2.75, 3.05) is 7.11 Å². The molecule has 0 radical (unpaired) electrons. The van der Waals surface area contributed by atoms with Gasteiger partial charge in [0.2, 0.25) is 0 Å². The van der Waals surface area contributed by atoms with Gasteiger partial charge in [-0.25, -0.2) is 4.79 Å². The van der Waals surface area contributed by atoms with Gasteiger partial charge in [-0.3, -0.25) is 4.79 Å². The number of benzene rings is 1. The van der Waals surface area contributed by atoms with Gasteiger partial charge < -0.3 is 15.2 Å². The largest absolute Gasteiger partial charge is 0.467 e. The van der Waals surface area contributed by atoms with E-state index in [-0.39, 0.29) is 5.91 Å². The Balaban J connectivity index is 2.05. The van der Waals surface area contributed by atoms with Crippen molar-refractivity contribution in [2.24, 2.45) is 5.92 Å². The average molecular weight is 319 g/mol. The number of ether oxygens (including phenoxy) is 1. The highest BCUT2D eigenvalue weighted by Gasteiger charge is 2.31. The van der Waals surface area contributed by atoms with Crippen molar-refractivity contribution in [3.05, 3.63) is 35.9 Å². The van der Waals surface area contributed by atoms with E-state index in [1.807, 2.05) is 6.07 Å². The molecular formula is C18H25NO4. The van der Waals surface area contributed by atoms with E-state index in [0.29, 0.717) is 17.9 Å². The van der Waals surface area contributed by atoms with Crippen LogP contribution in [-0.4, -0.2) is 36.2 Å². The molecule has 5 heteroatoms. The molecule has 126 valence electrons. The molecule has 0 spiro atoms. The monoisotopic (exact) mass is 319 g/mol. The summed E-state index contributed by atoms with van der Waals surface area (Å²) in [5.74, 6) is -0.572. The van der Waals surface area contributed by atoms with E-state index < -0.39 is 18.1 Å². The zero-order valence-electron chi connectivity index (χ0n) is 13.5. The van der Waals surface area contributed by atoms with Crippen LogP contribution < -0.4 is 5.32 Å². The van der Waals surface area contributed by atoms with E-state index in [2.05, 4.69) is 10.1 Å². The molecule has 0 aliphatic heterocycles. The summed E-state index contributed by atoms with van der Waals surface area (Å²) in [5.41, 5.74) is 0.512. The summed E-state index contributed by atoms with van der Waals surface area (Å²) in [4.78, 5) is 24.0. The topological polar surface area (TPSA) is 75.6 Å². The fraction of sp³-hybridized carbons (Fsp3) is 0.556. The first-order valence-corrected chi connectivity index (χ1v) is 8.23. The Bertz CT molecular complexity index is 511. The van der Waals surface area contributed by atoms with Crippen molar-refractivity contribution in [2.45, 2.75) is 50.7 Å². The van der Waals surface area contributed by atoms with Crippen molar-refractivity contribution in [3.8, 4) is 0 Å². The normalized spacial score (nSPS) is 18.0. The van der Waals surface area contributed by atoms with E-state index in [1.165, 1.54) is 26.4 Å². The van der Waals surface area contributed by atoms with Crippen LogP contribution in [0.1, 0.15) is 48.9 Å². The second-order valence-electron chi connectivity index (χ2n) is 6.15. The predicted molar refractivity (Wildman–Crippen MR) is 86.9 cm³/mol. The molecule has 2 N–H and O–H groups in total. The minimum Gasteiger partial charge on any atom is -0.467 e. The molecule has 23 heavy (non-hydrogen) atoms. The van der Waals surface area contributed by atoms with E-state index >= 15 is 0 Å². The molecule has 2 atom stereocenters. The Morgan fingerprint density at radius 2 is 1.87 bits per heavy atom. The molecule has 1 fully saturated rings. The zero-order valence-corrected chi connectivity index (χ0v) is 13.5. The molecule has 0 aromatic heterocycles. The number of aliphatic hydroxyl groups excluding tert-OH is 1. The molecule has 1 aromatic rings. The van der Waals surface area contributed by atoms with Crippen LogP contribution >= 0.6 is 0 Å². The third kappa shape index (κ3) is 5.06. The third-order valence-electron chi connectivity index (χ3n) is 4.49. The van der Waals surface area contributed by atoms with Crippen molar-refractivity contribution in [1.29, 1.82) is 0 Å². The molecule has 1 amide bonds. The van der Waals surface area contributed by atoms with Crippen LogP contribution in [0.15, 0.2) is 30.3 Å². The molecular weight excluding hydrogens is 294 g/mol. The standard InChI is InChI=1S/C18H25NO4/c1-23-18(22)16(20)15(12-13-8-4-2-5-9-13)19-17(21)14-10-6-3-7-11-14/h3,6-7,10-11,13,15-16,20H,2,4-5,8-9,12H2,1H3,(H,19,21)/t15-,16-/m0/s1. The van der Waals surface area contributed by atoms with Gasteiger partial charge in [-0.05, 0) is 24.5 Å². The summed E-state index contributed by atoms with van der Waals surface area (Å²) in [6.45, 7) is 0. The van der Waals surface area contributed by atoms with Gasteiger partial charge >= 0.3 is 5.97 Å². The Hall–Kier alpha value is -1.88. The fourth-order valence-corrected chi connectivity index (χ4v) is 3.17. The number of amides is 1. The molecule has 0 bridgehead atoms. The summed E-state index contributed by atoms with van der Waals surface area (Å²) in [6, 6.07) is 8.18. The minimum absolute atomic E-state index is 0.283. The lowest BCUT2D eigenvalue weighted by Gasteiger charge is -2.29. The molecule has 0 heterocycles. The van der Waals surface area contributed by atoms with Crippen LogP contribution in [0, 0.1) is 5.92 Å². The average Bonchev–Trinajstić information content (AvgIpc) is 2.61. The van der Waals surface area contributed by atoms with E-state index in [4.69, 9.17) is 0 Å². The first-order valence-electron chi connectivity index (χ1n) is 8.23. The Morgan fingerprint density at radius 3 is 2.48 bits per heavy atom. The predicted octanol–water partition coefficient (Wildman–Crippen LogP) is 2.29. The van der Waals surface area contributed by atoms with Crippen molar-refractivity contribution >= 4 is 11.9 Å². The number of aliphatic hydroxyl groups is 1. The van der Waals surface area contributed by atoms with Crippen molar-refractivity contribution < 1.29 is 19.4 Å². The Labute approximate surface area is 137 Å². The number of carbonyl (C=O) groups is 2. The summed E-state index contributed by atoms with van der Waals surface area (Å²) in [5, 5.41) is 13.0. The van der Waals surface area contributed by atoms with Gasteiger partial charge in [0.25, 0.3) is 5.91 Å². The third-order valence-corrected chi connectivity index (χ3v) is 4.49. The highest BCUT2D eigenvalue weighted by molar-refractivity contribution is 5.94. The van der Waals surface area contributed by atoms with Gasteiger partial charge in [-0.1, -0.05) is 50.3 Å². The van der Waals surface area contributed by atoms with Crippen LogP contribution in [-0.2, 0) is 9.53 Å². The molecule has 1 saturated carbocycles. The minimum atomic E-state index is -1.34. The van der Waals surface area contributed by atoms with Crippen LogP contribution in [0.3, 0.4) is 0 Å². The van der Waals surface area contributed by atoms with Crippen molar-refractivity contribution in [3.63, 3.8) is 0 Å². The van der Waals surface area contributed by atoms with E-state index in [0.717, 1.165) is 12.8 Å². The van der Waals surface area contributed by atoms with Gasteiger partial charge in [-0.2, -0.15) is 0 Å². The van der Waals surface area contributed by atoms with Gasteiger partial charge in [0.05, 0.1) is 13.2 Å². The molecule has 0 saturated heterocycles. The molecule has 1 aliphatic carbocycles. The second kappa shape index (κ2) is 8.67. The summed E-state index contributed by atoms with van der Waals surface area (Å²) >= 11 is 0. The van der Waals surface area contributed by atoms with Crippen LogP contribution in [0.4, 0.5) is 0 Å². The van der Waals surface area contributed by atoms with E-state index in [9.17, 15) is 14.7 Å². The lowest BCUT2D eigenvalue weighted by atomic mass is 9.83. The quantitative estimate of drug-likeness (QED) is 0.789. The molecule has 5 nitrogen and oxygen atoms in total. The molecule has 1 aromatic carbocycles. The maximum Gasteiger partial charge on any atom is 0.336 e. The smallest absolute Gasteiger partial charge is 0.336 e. The Kier molecular flexibility index (Phi) is 6.59. The Morgan fingerprint density at radius 1 is 1.22 bits per heavy atom. The van der Waals surface area contributed by atoms with Crippen molar-refractivity contribution in [1.82, 2.24) is 5.32 Å². The highest BCUT2D eigenvalue weighted by atomic mass is 16.5. The first kappa shape index (κ1) is 17.5. The lowest BCUT2D eigenvalue weighted by molar-refractivity contribution is -0.152. The SMILES string of the molecule is COC(=O)[C@@H](O)[C@H](CC1CCCCC1)NC(=O)c1ccccc1. The molecule has 1 aliphatic rings. The number of methoxy groups -OCH3 is 1. The summed E-state index contributed by atoms with van der Waals surface area (Å²) in [6.07, 6.45) is 4.97. The van der Waals surface area contributed by atoms with Crippen LogP contribution in [0.25, 0.3) is 0 Å². The maximum atomic E-state index is 12.3. The fourth-order valence-electron chi connectivity index (χ4n) is 3.17. The number of hydrogen-bond donors (Lipinski definition) is 2. The number of hydrogen-bond acceptors (Lipinski definition) is 4. The summed E-state index contributed by atoms with van der Waals surface area (Å²) < 4.78 is 4.63. The van der Waals surface area contributed by atoms with Gasteiger partial charge in [0, 0.05) is 5.56 Å². The number of nitrogens with one attached hydrogen (secondary N) is 1.